The molecule has 1 N–H and O–H groups in total. The molecule has 0 saturated carbocycles. The zero-order chi connectivity index (χ0) is 15.8. The van der Waals surface area contributed by atoms with E-state index in [1.807, 2.05) is 37.3 Å². The van der Waals surface area contributed by atoms with Gasteiger partial charge in [-0.3, -0.25) is 4.79 Å². The molecular formula is C18H27NO2. The van der Waals surface area contributed by atoms with Crippen LogP contribution in [0.5, 0.6) is 0 Å². The fraction of sp³-hybridized carbons (Fsp3) is 0.500. The number of hydrogen-bond donors (Lipinski definition) is 1. The molecule has 2 atom stereocenters. The summed E-state index contributed by atoms with van der Waals surface area (Å²) in [6.07, 6.45) is 4.72. The van der Waals surface area contributed by atoms with Gasteiger partial charge in [-0.15, -0.1) is 0 Å². The van der Waals surface area contributed by atoms with E-state index in [9.17, 15) is 9.90 Å². The van der Waals surface area contributed by atoms with Crippen LogP contribution in [0.1, 0.15) is 45.3 Å². The monoisotopic (exact) mass is 289 g/mol. The molecule has 0 saturated heterocycles. The van der Waals surface area contributed by atoms with Crippen molar-refractivity contribution in [2.24, 2.45) is 5.92 Å². The average molecular weight is 289 g/mol. The van der Waals surface area contributed by atoms with Crippen LogP contribution in [0.3, 0.4) is 0 Å². The summed E-state index contributed by atoms with van der Waals surface area (Å²) in [5, 5.41) is 10.3. The van der Waals surface area contributed by atoms with Crippen molar-refractivity contribution in [1.29, 1.82) is 0 Å². The molecule has 0 aliphatic carbocycles. The van der Waals surface area contributed by atoms with Crippen LogP contribution in [0, 0.1) is 5.92 Å². The third-order valence-electron chi connectivity index (χ3n) is 3.65. The highest BCUT2D eigenvalue weighted by Gasteiger charge is 2.23. The van der Waals surface area contributed by atoms with Gasteiger partial charge >= 0.3 is 0 Å². The smallest absolute Gasteiger partial charge is 0.222 e. The maximum atomic E-state index is 12.1. The zero-order valence-electron chi connectivity index (χ0n) is 13.5. The molecule has 1 amide bonds. The first-order chi connectivity index (χ1) is 9.93. The van der Waals surface area contributed by atoms with Crippen molar-refractivity contribution in [2.75, 3.05) is 7.05 Å². The highest BCUT2D eigenvalue weighted by Crippen LogP contribution is 2.20. The Balaban J connectivity index is 2.53. The average Bonchev–Trinajstić information content (AvgIpc) is 2.49. The number of rotatable bonds is 7. The van der Waals surface area contributed by atoms with E-state index < -0.39 is 6.10 Å². The van der Waals surface area contributed by atoms with E-state index in [1.165, 1.54) is 0 Å². The first kappa shape index (κ1) is 17.4. The minimum atomic E-state index is -0.661. The molecule has 1 rings (SSSR count). The van der Waals surface area contributed by atoms with Crippen LogP contribution in [-0.4, -0.2) is 29.0 Å². The van der Waals surface area contributed by atoms with Gasteiger partial charge in [0.1, 0.15) is 0 Å². The molecule has 1 aromatic rings. The first-order valence-electron chi connectivity index (χ1n) is 7.58. The summed E-state index contributed by atoms with van der Waals surface area (Å²) in [5.41, 5.74) is 0.837. The van der Waals surface area contributed by atoms with Gasteiger partial charge in [-0.1, -0.05) is 56.3 Å². The molecular weight excluding hydrogens is 262 g/mol. The lowest BCUT2D eigenvalue weighted by molar-refractivity contribution is -0.133. The van der Waals surface area contributed by atoms with Crippen molar-refractivity contribution in [2.45, 2.75) is 45.8 Å². The highest BCUT2D eigenvalue weighted by molar-refractivity contribution is 5.76. The maximum absolute atomic E-state index is 12.1. The Kier molecular flexibility index (Phi) is 7.17. The Morgan fingerprint density at radius 1 is 1.24 bits per heavy atom. The molecule has 0 bridgehead atoms. The normalized spacial score (nSPS) is 14.4. The van der Waals surface area contributed by atoms with Crippen molar-refractivity contribution in [3.8, 4) is 0 Å². The molecule has 0 aliphatic rings. The molecule has 116 valence electrons. The number of likely N-dealkylation sites (N-methyl/N-ethyl adjacent to an activating group) is 1. The van der Waals surface area contributed by atoms with E-state index in [1.54, 1.807) is 11.9 Å². The SMILES string of the molecule is CC(C)/C=C/CCC(=O)N(C)[C@H](C)[C@H](O)c1ccccc1. The van der Waals surface area contributed by atoms with Gasteiger partial charge in [0.05, 0.1) is 12.1 Å². The third kappa shape index (κ3) is 5.72. The van der Waals surface area contributed by atoms with Crippen molar-refractivity contribution in [3.63, 3.8) is 0 Å². The topological polar surface area (TPSA) is 40.5 Å². The molecule has 0 unspecified atom stereocenters. The fourth-order valence-electron chi connectivity index (χ4n) is 2.12. The second-order valence-corrected chi connectivity index (χ2v) is 5.81. The second kappa shape index (κ2) is 8.63. The van der Waals surface area contributed by atoms with Gasteiger partial charge in [0, 0.05) is 13.5 Å². The molecule has 3 nitrogen and oxygen atoms in total. The summed E-state index contributed by atoms with van der Waals surface area (Å²) < 4.78 is 0. The van der Waals surface area contributed by atoms with Gasteiger partial charge in [0.15, 0.2) is 0 Å². The van der Waals surface area contributed by atoms with Gasteiger partial charge < -0.3 is 10.0 Å². The lowest BCUT2D eigenvalue weighted by Gasteiger charge is -2.29. The Bertz CT molecular complexity index is 454. The predicted molar refractivity (Wildman–Crippen MR) is 86.8 cm³/mol. The number of hydrogen-bond acceptors (Lipinski definition) is 2. The first-order valence-corrected chi connectivity index (χ1v) is 7.58. The van der Waals surface area contributed by atoms with E-state index in [2.05, 4.69) is 26.0 Å². The van der Waals surface area contributed by atoms with Gasteiger partial charge in [-0.05, 0) is 24.8 Å². The Morgan fingerprint density at radius 2 is 1.86 bits per heavy atom. The number of aliphatic hydroxyl groups is 1. The van der Waals surface area contributed by atoms with Gasteiger partial charge in [-0.2, -0.15) is 0 Å². The summed E-state index contributed by atoms with van der Waals surface area (Å²) >= 11 is 0. The van der Waals surface area contributed by atoms with Crippen LogP contribution in [-0.2, 0) is 4.79 Å². The van der Waals surface area contributed by atoms with E-state index >= 15 is 0 Å². The van der Waals surface area contributed by atoms with Crippen molar-refractivity contribution < 1.29 is 9.90 Å². The number of amides is 1. The molecule has 0 radical (unpaired) electrons. The predicted octanol–water partition coefficient (Wildman–Crippen LogP) is 3.56. The van der Waals surface area contributed by atoms with Crippen molar-refractivity contribution in [3.05, 3.63) is 48.0 Å². The Labute approximate surface area is 128 Å². The minimum absolute atomic E-state index is 0.0610. The molecule has 1 aromatic carbocycles. The Morgan fingerprint density at radius 3 is 2.43 bits per heavy atom. The molecule has 0 spiro atoms. The van der Waals surface area contributed by atoms with Crippen molar-refractivity contribution >= 4 is 5.91 Å². The number of carbonyl (C=O) groups is 1. The van der Waals surface area contributed by atoms with Gasteiger partial charge in [0.2, 0.25) is 5.91 Å². The van der Waals surface area contributed by atoms with Crippen LogP contribution >= 0.6 is 0 Å². The molecule has 0 aromatic heterocycles. The summed E-state index contributed by atoms with van der Waals surface area (Å²) in [4.78, 5) is 13.8. The summed E-state index contributed by atoms with van der Waals surface area (Å²) in [7, 11) is 1.76. The maximum Gasteiger partial charge on any atom is 0.222 e. The van der Waals surface area contributed by atoms with E-state index in [0.29, 0.717) is 12.3 Å². The molecule has 3 heteroatoms. The summed E-state index contributed by atoms with van der Waals surface area (Å²) in [6, 6.07) is 9.22. The quantitative estimate of drug-likeness (QED) is 0.780. The van der Waals surface area contributed by atoms with E-state index in [4.69, 9.17) is 0 Å². The summed E-state index contributed by atoms with van der Waals surface area (Å²) in [6.45, 7) is 6.10. The number of carbonyl (C=O) groups excluding carboxylic acids is 1. The molecule has 21 heavy (non-hydrogen) atoms. The second-order valence-electron chi connectivity index (χ2n) is 5.81. The number of aliphatic hydroxyl groups excluding tert-OH is 1. The third-order valence-corrected chi connectivity index (χ3v) is 3.65. The standard InChI is InChI=1S/C18H27NO2/c1-14(2)10-8-9-13-17(20)19(4)15(3)18(21)16-11-6-5-7-12-16/h5-8,10-12,14-15,18,21H,9,13H2,1-4H3/b10-8+/t15-,18+/m1/s1. The van der Waals surface area contributed by atoms with Gasteiger partial charge in [-0.25, -0.2) is 0 Å². The fourth-order valence-corrected chi connectivity index (χ4v) is 2.12. The van der Waals surface area contributed by atoms with Gasteiger partial charge in [0.25, 0.3) is 0 Å². The number of nitrogens with zero attached hydrogens (tertiary/aromatic N) is 1. The van der Waals surface area contributed by atoms with Crippen LogP contribution in [0.15, 0.2) is 42.5 Å². The zero-order valence-corrected chi connectivity index (χ0v) is 13.5. The number of benzene rings is 1. The number of allylic oxidation sites excluding steroid dienone is 2. The van der Waals surface area contributed by atoms with E-state index in [-0.39, 0.29) is 11.9 Å². The molecule has 0 heterocycles. The Hall–Kier alpha value is -1.61. The molecule has 0 aliphatic heterocycles. The van der Waals surface area contributed by atoms with E-state index in [0.717, 1.165) is 12.0 Å². The minimum Gasteiger partial charge on any atom is -0.386 e. The van der Waals surface area contributed by atoms with Crippen LogP contribution < -0.4 is 0 Å². The lowest BCUT2D eigenvalue weighted by Crippen LogP contribution is -2.38. The highest BCUT2D eigenvalue weighted by atomic mass is 16.3. The van der Waals surface area contributed by atoms with Crippen LogP contribution in [0.2, 0.25) is 0 Å². The lowest BCUT2D eigenvalue weighted by atomic mass is 10.0. The van der Waals surface area contributed by atoms with Crippen LogP contribution in [0.25, 0.3) is 0 Å². The van der Waals surface area contributed by atoms with Crippen LogP contribution in [0.4, 0.5) is 0 Å². The molecule has 0 fully saturated rings. The largest absolute Gasteiger partial charge is 0.386 e. The summed E-state index contributed by atoms with van der Waals surface area (Å²) in [5.74, 6) is 0.572. The van der Waals surface area contributed by atoms with Crippen molar-refractivity contribution in [1.82, 2.24) is 4.90 Å².